The molecule has 0 aliphatic carbocycles. The molecule has 2 aromatic heterocycles. The summed E-state index contributed by atoms with van der Waals surface area (Å²) in [6, 6.07) is 0. The van der Waals surface area contributed by atoms with E-state index in [9.17, 15) is 14.4 Å². The van der Waals surface area contributed by atoms with E-state index in [-0.39, 0.29) is 23.7 Å². The molecule has 0 aliphatic heterocycles. The van der Waals surface area contributed by atoms with E-state index in [1.54, 1.807) is 14.0 Å². The Hall–Kier alpha value is -2.35. The fourth-order valence-electron chi connectivity index (χ4n) is 1.79. The monoisotopic (exact) mass is 312 g/mol. The molecule has 0 atom stereocenters. The van der Waals surface area contributed by atoms with Crippen LogP contribution in [0.5, 0.6) is 0 Å². The second-order valence-corrected chi connectivity index (χ2v) is 4.62. The van der Waals surface area contributed by atoms with Crippen LogP contribution in [0.2, 0.25) is 5.02 Å². The first-order chi connectivity index (χ1) is 9.93. The number of aromatic nitrogens is 4. The number of H-pyrrole nitrogens is 1. The fourth-order valence-corrected chi connectivity index (χ4v) is 1.96. The second-order valence-electron chi connectivity index (χ2n) is 4.21. The summed E-state index contributed by atoms with van der Waals surface area (Å²) in [6.45, 7) is 1.96. The predicted octanol–water partition coefficient (Wildman–Crippen LogP) is 0.149. The van der Waals surface area contributed by atoms with Crippen molar-refractivity contribution in [2.45, 2.75) is 13.5 Å². The minimum atomic E-state index is -0.659. The molecule has 0 unspecified atom stereocenters. The summed E-state index contributed by atoms with van der Waals surface area (Å²) in [5, 5.41) is 3.87. The van der Waals surface area contributed by atoms with Gasteiger partial charge in [0.05, 0.1) is 25.0 Å². The molecular formula is C12H13ClN4O4. The highest BCUT2D eigenvalue weighted by molar-refractivity contribution is 6.30. The van der Waals surface area contributed by atoms with Crippen LogP contribution in [-0.4, -0.2) is 31.9 Å². The molecule has 0 spiro atoms. The number of rotatable bonds is 4. The first-order valence-corrected chi connectivity index (χ1v) is 6.49. The molecule has 0 aliphatic rings. The first-order valence-electron chi connectivity index (χ1n) is 6.11. The van der Waals surface area contributed by atoms with E-state index in [2.05, 4.69) is 10.1 Å². The quantitative estimate of drug-likeness (QED) is 0.810. The predicted molar refractivity (Wildman–Crippen MR) is 74.6 cm³/mol. The molecule has 21 heavy (non-hydrogen) atoms. The highest BCUT2D eigenvalue weighted by Crippen LogP contribution is 2.11. The molecule has 0 saturated heterocycles. The molecule has 0 bridgehead atoms. The summed E-state index contributed by atoms with van der Waals surface area (Å²) in [6.07, 6.45) is 2.58. The van der Waals surface area contributed by atoms with Crippen molar-refractivity contribution in [2.75, 3.05) is 6.61 Å². The average Bonchev–Trinajstić information content (AvgIpc) is 2.78. The largest absolute Gasteiger partial charge is 0.462 e. The van der Waals surface area contributed by atoms with Crippen molar-refractivity contribution in [3.05, 3.63) is 49.5 Å². The van der Waals surface area contributed by atoms with Gasteiger partial charge in [0.25, 0.3) is 5.56 Å². The van der Waals surface area contributed by atoms with Crippen molar-refractivity contribution in [3.8, 4) is 0 Å². The lowest BCUT2D eigenvalue weighted by molar-refractivity contribution is 0.0524. The third-order valence-electron chi connectivity index (χ3n) is 2.84. The van der Waals surface area contributed by atoms with Gasteiger partial charge in [-0.15, -0.1) is 0 Å². The summed E-state index contributed by atoms with van der Waals surface area (Å²) in [5.74, 6) is -0.524. The molecule has 0 fully saturated rings. The molecule has 0 radical (unpaired) electrons. The van der Waals surface area contributed by atoms with Crippen LogP contribution in [0, 0.1) is 0 Å². The summed E-state index contributed by atoms with van der Waals surface area (Å²) in [5.41, 5.74) is -0.554. The number of aromatic amines is 1. The van der Waals surface area contributed by atoms with E-state index in [0.29, 0.717) is 5.69 Å². The lowest BCUT2D eigenvalue weighted by Gasteiger charge is -2.08. The van der Waals surface area contributed by atoms with Crippen molar-refractivity contribution in [3.63, 3.8) is 0 Å². The Kier molecular flexibility index (Phi) is 4.27. The maximum absolute atomic E-state index is 11.8. The lowest BCUT2D eigenvalue weighted by atomic mass is 10.2. The Labute approximate surface area is 123 Å². The van der Waals surface area contributed by atoms with Gasteiger partial charge in [0.2, 0.25) is 0 Å². The third-order valence-corrected chi connectivity index (χ3v) is 3.11. The summed E-state index contributed by atoms with van der Waals surface area (Å²) >= 11 is 5.70. The number of carbonyl (C=O) groups is 1. The Morgan fingerprint density at radius 2 is 2.19 bits per heavy atom. The Morgan fingerprint density at radius 3 is 2.86 bits per heavy atom. The maximum atomic E-state index is 11.8. The average molecular weight is 313 g/mol. The molecule has 2 aromatic rings. The van der Waals surface area contributed by atoms with Crippen molar-refractivity contribution in [1.29, 1.82) is 0 Å². The van der Waals surface area contributed by atoms with Crippen LogP contribution in [0.25, 0.3) is 0 Å². The number of nitrogens with zero attached hydrogens (tertiary/aromatic N) is 3. The smallest absolute Gasteiger partial charge is 0.341 e. The molecule has 2 rings (SSSR count). The zero-order valence-electron chi connectivity index (χ0n) is 11.4. The normalized spacial score (nSPS) is 10.6. The molecule has 112 valence electrons. The van der Waals surface area contributed by atoms with E-state index in [1.165, 1.54) is 21.6 Å². The topological polar surface area (TPSA) is 99.0 Å². The van der Waals surface area contributed by atoms with Gasteiger partial charge in [-0.25, -0.2) is 9.59 Å². The van der Waals surface area contributed by atoms with E-state index < -0.39 is 17.2 Å². The number of hydrogen-bond acceptors (Lipinski definition) is 5. The number of carbonyl (C=O) groups excluding carboxylic acids is 1. The van der Waals surface area contributed by atoms with Crippen molar-refractivity contribution < 1.29 is 9.53 Å². The highest BCUT2D eigenvalue weighted by atomic mass is 35.5. The number of ether oxygens (including phenoxy) is 1. The molecule has 0 saturated carbocycles. The molecule has 9 heteroatoms. The molecule has 2 heterocycles. The van der Waals surface area contributed by atoms with Gasteiger partial charge in [0.1, 0.15) is 10.6 Å². The fraction of sp³-hybridized carbons (Fsp3) is 0.333. The summed E-state index contributed by atoms with van der Waals surface area (Å²) in [4.78, 5) is 36.9. The van der Waals surface area contributed by atoms with Gasteiger partial charge < -0.3 is 4.74 Å². The van der Waals surface area contributed by atoms with Gasteiger partial charge in [0, 0.05) is 13.2 Å². The van der Waals surface area contributed by atoms with E-state index in [4.69, 9.17) is 16.3 Å². The number of aryl methyl sites for hydroxylation is 1. The van der Waals surface area contributed by atoms with Gasteiger partial charge >= 0.3 is 11.7 Å². The number of hydrogen-bond donors (Lipinski definition) is 1. The van der Waals surface area contributed by atoms with Crippen LogP contribution in [0.3, 0.4) is 0 Å². The van der Waals surface area contributed by atoms with E-state index in [1.807, 2.05) is 0 Å². The second kappa shape index (κ2) is 5.96. The summed E-state index contributed by atoms with van der Waals surface area (Å²) in [7, 11) is 1.64. The number of nitrogens with one attached hydrogen (secondary N) is 1. The molecule has 0 aromatic carbocycles. The van der Waals surface area contributed by atoms with Crippen LogP contribution in [0.15, 0.2) is 22.0 Å². The van der Waals surface area contributed by atoms with Crippen LogP contribution < -0.4 is 11.2 Å². The van der Waals surface area contributed by atoms with Crippen LogP contribution in [0.1, 0.15) is 23.0 Å². The van der Waals surface area contributed by atoms with Gasteiger partial charge in [0.15, 0.2) is 0 Å². The summed E-state index contributed by atoms with van der Waals surface area (Å²) < 4.78 is 7.57. The number of halogens is 1. The maximum Gasteiger partial charge on any atom is 0.341 e. The lowest BCUT2D eigenvalue weighted by Crippen LogP contribution is -2.30. The van der Waals surface area contributed by atoms with Crippen LogP contribution in [-0.2, 0) is 18.3 Å². The number of esters is 1. The van der Waals surface area contributed by atoms with Gasteiger partial charge in [-0.1, -0.05) is 11.6 Å². The molecule has 8 nitrogen and oxygen atoms in total. The Bertz CT molecular complexity index is 789. The zero-order valence-corrected chi connectivity index (χ0v) is 12.2. The molecule has 1 N–H and O–H groups in total. The van der Waals surface area contributed by atoms with Crippen molar-refractivity contribution in [2.24, 2.45) is 7.05 Å². The Morgan fingerprint density at radius 1 is 1.48 bits per heavy atom. The molecular weight excluding hydrogens is 300 g/mol. The van der Waals surface area contributed by atoms with Crippen molar-refractivity contribution in [1.82, 2.24) is 19.3 Å². The standard InChI is InChI=1S/C12H13ClN4O4/c1-3-21-11(19)7-4-14-16(2)9(7)6-17-5-8(13)10(18)15-12(17)20/h4-5H,3,6H2,1-2H3,(H,15,18,20). The van der Waals surface area contributed by atoms with Crippen LogP contribution >= 0.6 is 11.6 Å². The van der Waals surface area contributed by atoms with E-state index in [0.717, 1.165) is 0 Å². The minimum absolute atomic E-state index is 0.0278. The van der Waals surface area contributed by atoms with E-state index >= 15 is 0 Å². The van der Waals surface area contributed by atoms with Crippen molar-refractivity contribution >= 4 is 17.6 Å². The van der Waals surface area contributed by atoms with Gasteiger partial charge in [-0.2, -0.15) is 5.10 Å². The SMILES string of the molecule is CCOC(=O)c1cnn(C)c1Cn1cc(Cl)c(=O)[nH]c1=O. The first kappa shape index (κ1) is 15.0. The minimum Gasteiger partial charge on any atom is -0.462 e. The molecule has 0 amide bonds. The van der Waals surface area contributed by atoms with Crippen LogP contribution in [0.4, 0.5) is 0 Å². The van der Waals surface area contributed by atoms with Gasteiger partial charge in [-0.3, -0.25) is 19.0 Å². The zero-order chi connectivity index (χ0) is 15.6. The third kappa shape index (κ3) is 3.05. The van der Waals surface area contributed by atoms with Gasteiger partial charge in [-0.05, 0) is 6.92 Å². The Balaban J connectivity index is 2.43. The highest BCUT2D eigenvalue weighted by Gasteiger charge is 2.18.